The van der Waals surface area contributed by atoms with Crippen molar-refractivity contribution < 1.29 is 24.9 Å². The molecule has 0 aliphatic rings. The fraction of sp³-hybridized carbons (Fsp3) is 0.353. The number of hydrogen-bond acceptors (Lipinski definition) is 6. The lowest BCUT2D eigenvalue weighted by Gasteiger charge is -2.21. The second kappa shape index (κ2) is 16.8. The van der Waals surface area contributed by atoms with Crippen molar-refractivity contribution in [3.05, 3.63) is 104 Å². The largest absolute Gasteiger partial charge is 0.506 e. The Bertz CT molecular complexity index is 1560. The average Bonchev–Trinajstić information content (AvgIpc) is 3.02. The van der Waals surface area contributed by atoms with Crippen molar-refractivity contribution in [2.75, 3.05) is 19.7 Å². The van der Waals surface area contributed by atoms with Gasteiger partial charge in [-0.05, 0) is 70.2 Å². The summed E-state index contributed by atoms with van der Waals surface area (Å²) in [5.74, 6) is 0.679. The van der Waals surface area contributed by atoms with E-state index in [1.807, 2.05) is 48.5 Å². The zero-order chi connectivity index (χ0) is 31.3. The summed E-state index contributed by atoms with van der Waals surface area (Å²) in [6, 6.07) is 20.8. The van der Waals surface area contributed by atoms with Crippen molar-refractivity contribution in [2.45, 2.75) is 57.1 Å². The van der Waals surface area contributed by atoms with Gasteiger partial charge in [-0.3, -0.25) is 4.79 Å². The van der Waals surface area contributed by atoms with Crippen LogP contribution in [-0.4, -0.2) is 46.1 Å². The molecule has 2 atom stereocenters. The van der Waals surface area contributed by atoms with Gasteiger partial charge in [0.2, 0.25) is 5.56 Å². The first-order chi connectivity index (χ1) is 21.3. The fourth-order valence-electron chi connectivity index (χ4n) is 5.29. The lowest BCUT2D eigenvalue weighted by atomic mass is 9.98. The van der Waals surface area contributed by atoms with Crippen molar-refractivity contribution in [3.63, 3.8) is 0 Å². The Labute approximate surface area is 265 Å². The molecule has 0 saturated carbocycles. The van der Waals surface area contributed by atoms with Crippen LogP contribution in [0.5, 0.6) is 11.5 Å². The number of aromatic hydroxyl groups is 1. The highest BCUT2D eigenvalue weighted by molar-refractivity contribution is 9.10. The number of H-pyrrole nitrogens is 1. The molecule has 9 nitrogen and oxygen atoms in total. The Morgan fingerprint density at radius 2 is 1.59 bits per heavy atom. The third-order valence-corrected chi connectivity index (χ3v) is 8.41. The van der Waals surface area contributed by atoms with Gasteiger partial charge in [0.25, 0.3) is 0 Å². The normalized spacial score (nSPS) is 12.6. The number of aromatic nitrogens is 1. The maximum absolute atomic E-state index is 11.6. The zero-order valence-corrected chi connectivity index (χ0v) is 26.2. The van der Waals surface area contributed by atoms with Crippen LogP contribution in [0.2, 0.25) is 0 Å². The molecule has 10 heteroatoms. The highest BCUT2D eigenvalue weighted by Crippen LogP contribution is 2.35. The van der Waals surface area contributed by atoms with Gasteiger partial charge in [-0.25, -0.2) is 4.79 Å². The maximum Gasteiger partial charge on any atom is 0.405 e. The molecule has 0 fully saturated rings. The van der Waals surface area contributed by atoms with E-state index >= 15 is 0 Å². The minimum absolute atomic E-state index is 0.0167. The summed E-state index contributed by atoms with van der Waals surface area (Å²) in [5, 5.41) is 36.6. The fourth-order valence-corrected chi connectivity index (χ4v) is 5.90. The molecular formula is C34H40BrN3O6. The number of rotatable bonds is 17. The van der Waals surface area contributed by atoms with E-state index in [9.17, 15) is 24.9 Å². The van der Waals surface area contributed by atoms with E-state index in [4.69, 9.17) is 4.74 Å². The van der Waals surface area contributed by atoms with Crippen molar-refractivity contribution in [2.24, 2.45) is 0 Å². The van der Waals surface area contributed by atoms with Crippen molar-refractivity contribution in [1.29, 1.82) is 0 Å². The van der Waals surface area contributed by atoms with Crippen LogP contribution in [0, 0.1) is 0 Å². The van der Waals surface area contributed by atoms with E-state index in [0.717, 1.165) is 67.1 Å². The van der Waals surface area contributed by atoms with Crippen LogP contribution in [-0.2, 0) is 0 Å². The zero-order valence-electron chi connectivity index (χ0n) is 24.6. The Morgan fingerprint density at radius 1 is 0.864 bits per heavy atom. The summed E-state index contributed by atoms with van der Waals surface area (Å²) in [7, 11) is 0. The molecule has 1 unspecified atom stereocenters. The van der Waals surface area contributed by atoms with Gasteiger partial charge in [0.1, 0.15) is 11.5 Å². The van der Waals surface area contributed by atoms with Gasteiger partial charge in [0.05, 0.1) is 28.7 Å². The Balaban J connectivity index is 1.10. The molecule has 0 saturated heterocycles. The van der Waals surface area contributed by atoms with Gasteiger partial charge in [-0.1, -0.05) is 80.6 Å². The second-order valence-electron chi connectivity index (χ2n) is 10.8. The number of aliphatic hydroxyl groups is 1. The molecule has 0 aliphatic heterocycles. The quantitative estimate of drug-likeness (QED) is 0.0682. The minimum Gasteiger partial charge on any atom is -0.506 e. The number of benzene rings is 3. The summed E-state index contributed by atoms with van der Waals surface area (Å²) < 4.78 is 6.79. The van der Waals surface area contributed by atoms with Crippen LogP contribution >= 0.6 is 15.9 Å². The first-order valence-corrected chi connectivity index (χ1v) is 15.8. The predicted molar refractivity (Wildman–Crippen MR) is 175 cm³/mol. The van der Waals surface area contributed by atoms with E-state index < -0.39 is 18.2 Å². The molecule has 1 amide bonds. The van der Waals surface area contributed by atoms with Crippen LogP contribution in [0.25, 0.3) is 10.9 Å². The molecule has 44 heavy (non-hydrogen) atoms. The summed E-state index contributed by atoms with van der Waals surface area (Å²) in [6.45, 7) is 1.78. The molecule has 0 radical (unpaired) electrons. The smallest absolute Gasteiger partial charge is 0.405 e. The van der Waals surface area contributed by atoms with E-state index in [0.29, 0.717) is 35.4 Å². The number of halogens is 1. The molecule has 6 N–H and O–H groups in total. The first kappa shape index (κ1) is 33.0. The summed E-state index contributed by atoms with van der Waals surface area (Å²) in [4.78, 5) is 25.7. The summed E-state index contributed by atoms with van der Waals surface area (Å²) >= 11 is 3.63. The topological polar surface area (TPSA) is 144 Å². The van der Waals surface area contributed by atoms with Gasteiger partial charge >= 0.3 is 6.09 Å². The van der Waals surface area contributed by atoms with Crippen molar-refractivity contribution in [1.82, 2.24) is 15.6 Å². The van der Waals surface area contributed by atoms with E-state index in [2.05, 4.69) is 31.5 Å². The molecule has 0 aliphatic carbocycles. The Hall–Kier alpha value is -3.86. The molecule has 1 aromatic heterocycles. The molecule has 4 aromatic rings. The highest BCUT2D eigenvalue weighted by Gasteiger charge is 2.21. The first-order valence-electron chi connectivity index (χ1n) is 15.0. The monoisotopic (exact) mass is 665 g/mol. The number of aliphatic hydroxyl groups excluding tert-OH is 1. The number of carbonyl (C=O) groups is 1. The molecular weight excluding hydrogens is 626 g/mol. The number of pyridine rings is 1. The maximum atomic E-state index is 11.6. The lowest BCUT2D eigenvalue weighted by Crippen LogP contribution is -2.27. The van der Waals surface area contributed by atoms with Crippen LogP contribution in [0.15, 0.2) is 82.1 Å². The Kier molecular flexibility index (Phi) is 12.6. The number of fused-ring (bicyclic) bond motifs is 1. The molecule has 1 heterocycles. The number of amides is 1. The predicted octanol–water partition coefficient (Wildman–Crippen LogP) is 6.79. The summed E-state index contributed by atoms with van der Waals surface area (Å²) in [5.41, 5.74) is 2.35. The third-order valence-electron chi connectivity index (χ3n) is 7.56. The average molecular weight is 667 g/mol. The lowest BCUT2D eigenvalue weighted by molar-refractivity contribution is 0.176. The number of hydrogen-bond donors (Lipinski definition) is 6. The van der Waals surface area contributed by atoms with Crippen LogP contribution in [0.4, 0.5) is 4.79 Å². The van der Waals surface area contributed by atoms with Gasteiger partial charge in [0.15, 0.2) is 0 Å². The number of carboxylic acid groups (broad SMARTS) is 1. The van der Waals surface area contributed by atoms with Gasteiger partial charge in [-0.15, -0.1) is 0 Å². The van der Waals surface area contributed by atoms with E-state index in [1.54, 1.807) is 12.1 Å². The molecule has 0 bridgehead atoms. The second-order valence-corrected chi connectivity index (χ2v) is 11.6. The summed E-state index contributed by atoms with van der Waals surface area (Å²) in [6.07, 6.45) is 5.72. The molecule has 4 rings (SSSR count). The van der Waals surface area contributed by atoms with Crippen LogP contribution < -0.4 is 20.9 Å². The van der Waals surface area contributed by atoms with Crippen LogP contribution in [0.1, 0.15) is 73.8 Å². The molecule has 3 aromatic carbocycles. The van der Waals surface area contributed by atoms with Gasteiger partial charge in [-0.2, -0.15) is 0 Å². The minimum atomic E-state index is -1.09. The number of ether oxygens (including phenoxy) is 1. The van der Waals surface area contributed by atoms with Crippen molar-refractivity contribution in [3.8, 4) is 11.5 Å². The van der Waals surface area contributed by atoms with Gasteiger partial charge < -0.3 is 35.7 Å². The van der Waals surface area contributed by atoms with Crippen molar-refractivity contribution >= 4 is 32.9 Å². The van der Waals surface area contributed by atoms with E-state index in [-0.39, 0.29) is 11.3 Å². The number of phenolic OH excluding ortho intramolecular Hbond substituents is 1. The number of nitrogens with one attached hydrogen (secondary N) is 3. The van der Waals surface area contributed by atoms with Crippen LogP contribution in [0.3, 0.4) is 0 Å². The number of phenols is 1. The Morgan fingerprint density at radius 3 is 2.34 bits per heavy atom. The SMILES string of the molecule is O=C(O)NC(c1ccccc1)c1cccc(OCCCCCCCCCNC[C@H](O)c2ccc(O)c3[nH]c(=O)ccc23)c1Br. The third kappa shape index (κ3) is 9.32. The number of unbranched alkanes of at least 4 members (excludes halogenated alkanes) is 6. The molecule has 234 valence electrons. The number of aromatic amines is 1. The highest BCUT2D eigenvalue weighted by atomic mass is 79.9. The van der Waals surface area contributed by atoms with Gasteiger partial charge in [0, 0.05) is 18.0 Å². The molecule has 0 spiro atoms. The standard InChI is InChI=1S/C34H40BrN3O6/c35-31-26(32(38-34(42)43)23-12-7-6-8-13-23)14-11-15-29(31)44-21-10-5-3-1-2-4-9-20-36-22-28(40)24-16-18-27(39)33-25(24)17-19-30(41)37-33/h6-8,11-19,28,32,36,38-40H,1-5,9-10,20-22H2,(H,37,41)(H,42,43)/t28-,32?/m0/s1. The van der Waals surface area contributed by atoms with E-state index in [1.165, 1.54) is 12.1 Å².